The second-order valence-electron chi connectivity index (χ2n) is 5.83. The van der Waals surface area contributed by atoms with Crippen LogP contribution in [0.5, 0.6) is 11.5 Å². The molecule has 0 saturated heterocycles. The first-order chi connectivity index (χ1) is 9.52. The van der Waals surface area contributed by atoms with E-state index in [0.717, 1.165) is 24.0 Å². The van der Waals surface area contributed by atoms with Crippen molar-refractivity contribution in [3.8, 4) is 11.5 Å². The van der Waals surface area contributed by atoms with Gasteiger partial charge in [0.1, 0.15) is 6.61 Å². The predicted octanol–water partition coefficient (Wildman–Crippen LogP) is 3.80. The normalized spacial score (nSPS) is 12.5. The van der Waals surface area contributed by atoms with Gasteiger partial charge in [0.25, 0.3) is 0 Å². The lowest BCUT2D eigenvalue weighted by Crippen LogP contribution is -2.30. The van der Waals surface area contributed by atoms with Crippen LogP contribution in [0.15, 0.2) is 18.2 Å². The van der Waals surface area contributed by atoms with E-state index in [9.17, 15) is 0 Å². The minimum atomic E-state index is 0.543. The third-order valence-corrected chi connectivity index (χ3v) is 3.35. The van der Waals surface area contributed by atoms with Crippen molar-refractivity contribution in [3.63, 3.8) is 0 Å². The lowest BCUT2D eigenvalue weighted by molar-refractivity contribution is 0.284. The summed E-state index contributed by atoms with van der Waals surface area (Å²) in [6.07, 6.45) is 2.48. The molecule has 3 heteroatoms. The number of ether oxygens (including phenoxy) is 2. The standard InChI is InChI=1S/C17H29NO2/c1-13(2)6-8-15(4)18-10-11-20-16-9-7-14(3)12-17(16)19-5/h7,9,12-13,15,18H,6,8,10-11H2,1-5H3. The number of nitrogens with one attached hydrogen (secondary N) is 1. The molecule has 0 saturated carbocycles. The molecule has 0 aliphatic carbocycles. The summed E-state index contributed by atoms with van der Waals surface area (Å²) < 4.78 is 11.1. The van der Waals surface area contributed by atoms with Crippen LogP contribution >= 0.6 is 0 Å². The summed E-state index contributed by atoms with van der Waals surface area (Å²) in [6.45, 7) is 10.3. The molecule has 0 radical (unpaired) electrons. The molecule has 1 aromatic rings. The second-order valence-corrected chi connectivity index (χ2v) is 5.83. The largest absolute Gasteiger partial charge is 0.493 e. The SMILES string of the molecule is COc1cc(C)ccc1OCCNC(C)CCC(C)C. The van der Waals surface area contributed by atoms with E-state index < -0.39 is 0 Å². The highest BCUT2D eigenvalue weighted by atomic mass is 16.5. The van der Waals surface area contributed by atoms with Gasteiger partial charge in [0.2, 0.25) is 0 Å². The molecule has 0 aromatic heterocycles. The Morgan fingerprint density at radius 2 is 1.85 bits per heavy atom. The van der Waals surface area contributed by atoms with E-state index in [1.165, 1.54) is 18.4 Å². The fraction of sp³-hybridized carbons (Fsp3) is 0.647. The summed E-state index contributed by atoms with van der Waals surface area (Å²) in [5, 5.41) is 3.49. The Hall–Kier alpha value is -1.22. The van der Waals surface area contributed by atoms with E-state index in [0.29, 0.717) is 12.6 Å². The molecule has 1 atom stereocenters. The van der Waals surface area contributed by atoms with E-state index in [2.05, 4.69) is 26.1 Å². The molecule has 1 N–H and O–H groups in total. The smallest absolute Gasteiger partial charge is 0.161 e. The van der Waals surface area contributed by atoms with Crippen LogP contribution in [-0.2, 0) is 0 Å². The Morgan fingerprint density at radius 3 is 2.50 bits per heavy atom. The van der Waals surface area contributed by atoms with Gasteiger partial charge in [-0.15, -0.1) is 0 Å². The van der Waals surface area contributed by atoms with Crippen molar-refractivity contribution in [2.45, 2.75) is 46.6 Å². The molecule has 20 heavy (non-hydrogen) atoms. The van der Waals surface area contributed by atoms with E-state index in [-0.39, 0.29) is 0 Å². The number of rotatable bonds is 9. The number of hydrogen-bond acceptors (Lipinski definition) is 3. The molecular formula is C17H29NO2. The van der Waals surface area contributed by atoms with Gasteiger partial charge in [-0.3, -0.25) is 0 Å². The van der Waals surface area contributed by atoms with Crippen LogP contribution in [0.2, 0.25) is 0 Å². The third-order valence-electron chi connectivity index (χ3n) is 3.35. The highest BCUT2D eigenvalue weighted by molar-refractivity contribution is 5.42. The van der Waals surface area contributed by atoms with Gasteiger partial charge in [-0.1, -0.05) is 19.9 Å². The Kier molecular flexibility index (Phi) is 7.45. The summed E-state index contributed by atoms with van der Waals surface area (Å²) in [7, 11) is 1.67. The van der Waals surface area contributed by atoms with Crippen molar-refractivity contribution in [3.05, 3.63) is 23.8 Å². The second kappa shape index (κ2) is 8.85. The predicted molar refractivity (Wildman–Crippen MR) is 84.8 cm³/mol. The molecule has 1 unspecified atom stereocenters. The summed E-state index contributed by atoms with van der Waals surface area (Å²) in [5.41, 5.74) is 1.18. The van der Waals surface area contributed by atoms with Gasteiger partial charge in [-0.25, -0.2) is 0 Å². The summed E-state index contributed by atoms with van der Waals surface area (Å²) >= 11 is 0. The van der Waals surface area contributed by atoms with Crippen LogP contribution in [0.25, 0.3) is 0 Å². The topological polar surface area (TPSA) is 30.5 Å². The molecule has 0 spiro atoms. The summed E-state index contributed by atoms with van der Waals surface area (Å²) in [4.78, 5) is 0. The highest BCUT2D eigenvalue weighted by Crippen LogP contribution is 2.27. The van der Waals surface area contributed by atoms with Gasteiger partial charge >= 0.3 is 0 Å². The molecule has 0 fully saturated rings. The summed E-state index contributed by atoms with van der Waals surface area (Å²) in [6, 6.07) is 6.54. The first kappa shape index (κ1) is 16.8. The first-order valence-electron chi connectivity index (χ1n) is 7.53. The zero-order valence-electron chi connectivity index (χ0n) is 13.5. The van der Waals surface area contributed by atoms with Gasteiger partial charge in [0.05, 0.1) is 7.11 Å². The van der Waals surface area contributed by atoms with Crippen molar-refractivity contribution in [1.29, 1.82) is 0 Å². The molecule has 114 valence electrons. The maximum atomic E-state index is 5.77. The van der Waals surface area contributed by atoms with E-state index >= 15 is 0 Å². The minimum Gasteiger partial charge on any atom is -0.493 e. The van der Waals surface area contributed by atoms with Crippen molar-refractivity contribution in [2.75, 3.05) is 20.3 Å². The Labute approximate surface area is 123 Å². The average Bonchev–Trinajstić information content (AvgIpc) is 2.42. The van der Waals surface area contributed by atoms with Crippen molar-refractivity contribution in [1.82, 2.24) is 5.32 Å². The summed E-state index contributed by atoms with van der Waals surface area (Å²) in [5.74, 6) is 2.39. The Morgan fingerprint density at radius 1 is 1.10 bits per heavy atom. The first-order valence-corrected chi connectivity index (χ1v) is 7.53. The molecule has 0 bridgehead atoms. The molecule has 3 nitrogen and oxygen atoms in total. The Bertz CT molecular complexity index is 391. The van der Waals surface area contributed by atoms with Gasteiger partial charge in [-0.05, 0) is 50.3 Å². The van der Waals surface area contributed by atoms with Crippen LogP contribution in [0, 0.1) is 12.8 Å². The van der Waals surface area contributed by atoms with Crippen LogP contribution in [0.1, 0.15) is 39.2 Å². The van der Waals surface area contributed by atoms with Gasteiger partial charge in [0, 0.05) is 12.6 Å². The number of aryl methyl sites for hydroxylation is 1. The van der Waals surface area contributed by atoms with Crippen LogP contribution in [0.3, 0.4) is 0 Å². The monoisotopic (exact) mass is 279 g/mol. The van der Waals surface area contributed by atoms with Crippen molar-refractivity contribution in [2.24, 2.45) is 5.92 Å². The number of hydrogen-bond donors (Lipinski definition) is 1. The van der Waals surface area contributed by atoms with E-state index in [4.69, 9.17) is 9.47 Å². The molecule has 0 aliphatic rings. The van der Waals surface area contributed by atoms with Crippen molar-refractivity contribution < 1.29 is 9.47 Å². The highest BCUT2D eigenvalue weighted by Gasteiger charge is 2.05. The third kappa shape index (κ3) is 6.29. The van der Waals surface area contributed by atoms with Crippen LogP contribution in [0.4, 0.5) is 0 Å². The van der Waals surface area contributed by atoms with Crippen LogP contribution in [-0.4, -0.2) is 26.3 Å². The maximum absolute atomic E-state index is 5.77. The van der Waals surface area contributed by atoms with Gasteiger partial charge in [-0.2, -0.15) is 0 Å². The lowest BCUT2D eigenvalue weighted by atomic mass is 10.0. The maximum Gasteiger partial charge on any atom is 0.161 e. The quantitative estimate of drug-likeness (QED) is 0.698. The Balaban J connectivity index is 2.27. The number of benzene rings is 1. The lowest BCUT2D eigenvalue weighted by Gasteiger charge is -2.16. The molecule has 1 rings (SSSR count). The van der Waals surface area contributed by atoms with E-state index in [1.54, 1.807) is 7.11 Å². The molecule has 0 aliphatic heterocycles. The number of methoxy groups -OCH3 is 1. The average molecular weight is 279 g/mol. The van der Waals surface area contributed by atoms with Crippen molar-refractivity contribution >= 4 is 0 Å². The molecule has 0 amide bonds. The molecule has 1 aromatic carbocycles. The molecule has 0 heterocycles. The minimum absolute atomic E-state index is 0.543. The molecular weight excluding hydrogens is 250 g/mol. The van der Waals surface area contributed by atoms with E-state index in [1.807, 2.05) is 25.1 Å². The zero-order valence-corrected chi connectivity index (χ0v) is 13.5. The fourth-order valence-corrected chi connectivity index (χ4v) is 2.05. The van der Waals surface area contributed by atoms with Gasteiger partial charge < -0.3 is 14.8 Å². The van der Waals surface area contributed by atoms with Crippen LogP contribution < -0.4 is 14.8 Å². The zero-order chi connectivity index (χ0) is 15.0. The fourth-order valence-electron chi connectivity index (χ4n) is 2.05. The van der Waals surface area contributed by atoms with Gasteiger partial charge in [0.15, 0.2) is 11.5 Å².